The molecular formula is C8H12N4O. The summed E-state index contributed by atoms with van der Waals surface area (Å²) in [4.78, 5) is 11.0. The number of rotatable bonds is 3. The highest BCUT2D eigenvalue weighted by molar-refractivity contribution is 5.80. The van der Waals surface area contributed by atoms with Crippen molar-refractivity contribution in [1.29, 1.82) is 0 Å². The SMILES string of the molecule is CC(N)C(=O)NCc1cccnn1. The molecule has 1 amide bonds. The smallest absolute Gasteiger partial charge is 0.236 e. The molecule has 5 nitrogen and oxygen atoms in total. The number of hydrogen-bond donors (Lipinski definition) is 2. The minimum atomic E-state index is -0.489. The van der Waals surface area contributed by atoms with E-state index in [1.807, 2.05) is 0 Å². The summed E-state index contributed by atoms with van der Waals surface area (Å²) in [7, 11) is 0. The summed E-state index contributed by atoms with van der Waals surface area (Å²) in [5.41, 5.74) is 6.07. The van der Waals surface area contributed by atoms with Gasteiger partial charge in [0.2, 0.25) is 5.91 Å². The Morgan fingerprint density at radius 2 is 2.54 bits per heavy atom. The normalized spacial score (nSPS) is 12.2. The zero-order valence-electron chi connectivity index (χ0n) is 7.40. The summed E-state index contributed by atoms with van der Waals surface area (Å²) < 4.78 is 0. The van der Waals surface area contributed by atoms with Crippen LogP contribution in [0.3, 0.4) is 0 Å². The number of amides is 1. The number of nitrogens with two attached hydrogens (primary N) is 1. The molecule has 70 valence electrons. The summed E-state index contributed by atoms with van der Waals surface area (Å²) in [5, 5.41) is 10.1. The first-order valence-electron chi connectivity index (χ1n) is 4.00. The first-order chi connectivity index (χ1) is 6.20. The van der Waals surface area contributed by atoms with Crippen molar-refractivity contribution in [3.05, 3.63) is 24.0 Å². The van der Waals surface area contributed by atoms with E-state index in [-0.39, 0.29) is 5.91 Å². The van der Waals surface area contributed by atoms with Crippen molar-refractivity contribution in [3.63, 3.8) is 0 Å². The molecule has 1 atom stereocenters. The zero-order valence-corrected chi connectivity index (χ0v) is 7.40. The molecule has 0 fully saturated rings. The highest BCUT2D eigenvalue weighted by atomic mass is 16.2. The summed E-state index contributed by atoms with van der Waals surface area (Å²) in [5.74, 6) is -0.189. The molecule has 0 saturated heterocycles. The summed E-state index contributed by atoms with van der Waals surface area (Å²) in [6.45, 7) is 2.00. The van der Waals surface area contributed by atoms with Gasteiger partial charge in [-0.15, -0.1) is 0 Å². The Morgan fingerprint density at radius 1 is 1.77 bits per heavy atom. The van der Waals surface area contributed by atoms with Crippen LogP contribution in [0, 0.1) is 0 Å². The van der Waals surface area contributed by atoms with E-state index < -0.39 is 6.04 Å². The van der Waals surface area contributed by atoms with Gasteiger partial charge >= 0.3 is 0 Å². The minimum Gasteiger partial charge on any atom is -0.349 e. The third kappa shape index (κ3) is 3.16. The second kappa shape index (κ2) is 4.51. The number of carbonyl (C=O) groups is 1. The topological polar surface area (TPSA) is 80.9 Å². The lowest BCUT2D eigenvalue weighted by atomic mass is 10.3. The predicted octanol–water partition coefficient (Wildman–Crippen LogP) is -0.560. The molecule has 1 unspecified atom stereocenters. The van der Waals surface area contributed by atoms with E-state index in [2.05, 4.69) is 15.5 Å². The van der Waals surface area contributed by atoms with Crippen molar-refractivity contribution in [3.8, 4) is 0 Å². The lowest BCUT2D eigenvalue weighted by Gasteiger charge is -2.05. The Kier molecular flexibility index (Phi) is 3.33. The van der Waals surface area contributed by atoms with Gasteiger partial charge in [-0.2, -0.15) is 10.2 Å². The van der Waals surface area contributed by atoms with Gasteiger partial charge in [0, 0.05) is 6.20 Å². The maximum atomic E-state index is 11.0. The Hall–Kier alpha value is -1.49. The molecule has 13 heavy (non-hydrogen) atoms. The average molecular weight is 180 g/mol. The van der Waals surface area contributed by atoms with Crippen molar-refractivity contribution in [2.75, 3.05) is 0 Å². The van der Waals surface area contributed by atoms with Crippen LogP contribution < -0.4 is 11.1 Å². The van der Waals surface area contributed by atoms with E-state index >= 15 is 0 Å². The van der Waals surface area contributed by atoms with E-state index in [1.54, 1.807) is 25.3 Å². The van der Waals surface area contributed by atoms with Crippen LogP contribution in [0.25, 0.3) is 0 Å². The molecule has 0 aliphatic rings. The first-order valence-corrected chi connectivity index (χ1v) is 4.00. The van der Waals surface area contributed by atoms with Gasteiger partial charge in [-0.25, -0.2) is 0 Å². The van der Waals surface area contributed by atoms with Crippen LogP contribution >= 0.6 is 0 Å². The van der Waals surface area contributed by atoms with Gasteiger partial charge in [0.1, 0.15) is 0 Å². The predicted molar refractivity (Wildman–Crippen MR) is 47.5 cm³/mol. The second-order valence-electron chi connectivity index (χ2n) is 2.72. The van der Waals surface area contributed by atoms with Crippen molar-refractivity contribution in [2.24, 2.45) is 5.73 Å². The number of carbonyl (C=O) groups excluding carboxylic acids is 1. The summed E-state index contributed by atoms with van der Waals surface area (Å²) in [6.07, 6.45) is 1.58. The lowest BCUT2D eigenvalue weighted by Crippen LogP contribution is -2.37. The van der Waals surface area contributed by atoms with Gasteiger partial charge in [0.05, 0.1) is 18.3 Å². The molecule has 0 spiro atoms. The molecular weight excluding hydrogens is 168 g/mol. The van der Waals surface area contributed by atoms with Crippen molar-refractivity contribution >= 4 is 5.91 Å². The molecule has 1 aromatic heterocycles. The zero-order chi connectivity index (χ0) is 9.68. The Labute approximate surface area is 76.4 Å². The minimum absolute atomic E-state index is 0.189. The van der Waals surface area contributed by atoms with Gasteiger partial charge in [0.25, 0.3) is 0 Å². The monoisotopic (exact) mass is 180 g/mol. The second-order valence-corrected chi connectivity index (χ2v) is 2.72. The van der Waals surface area contributed by atoms with E-state index in [9.17, 15) is 4.79 Å². The summed E-state index contributed by atoms with van der Waals surface area (Å²) in [6, 6.07) is 3.06. The fraction of sp³-hybridized carbons (Fsp3) is 0.375. The van der Waals surface area contributed by atoms with Crippen molar-refractivity contribution in [1.82, 2.24) is 15.5 Å². The highest BCUT2D eigenvalue weighted by Gasteiger charge is 2.05. The third-order valence-corrected chi connectivity index (χ3v) is 1.48. The van der Waals surface area contributed by atoms with Gasteiger partial charge < -0.3 is 11.1 Å². The van der Waals surface area contributed by atoms with Crippen molar-refractivity contribution in [2.45, 2.75) is 19.5 Å². The Morgan fingerprint density at radius 3 is 3.08 bits per heavy atom. The molecule has 1 heterocycles. The van der Waals surface area contributed by atoms with E-state index in [4.69, 9.17) is 5.73 Å². The standard InChI is InChI=1S/C8H12N4O/c1-6(9)8(13)10-5-7-3-2-4-11-12-7/h2-4,6H,5,9H2,1H3,(H,10,13). The number of nitrogens with zero attached hydrogens (tertiary/aromatic N) is 2. The fourth-order valence-corrected chi connectivity index (χ4v) is 0.766. The first kappa shape index (κ1) is 9.60. The van der Waals surface area contributed by atoms with E-state index in [1.165, 1.54) is 0 Å². The molecule has 0 aromatic carbocycles. The molecule has 0 aliphatic heterocycles. The third-order valence-electron chi connectivity index (χ3n) is 1.48. The highest BCUT2D eigenvalue weighted by Crippen LogP contribution is 1.89. The molecule has 1 rings (SSSR count). The van der Waals surface area contributed by atoms with Crippen LogP contribution in [0.1, 0.15) is 12.6 Å². The van der Waals surface area contributed by atoms with Crippen molar-refractivity contribution < 1.29 is 4.79 Å². The molecule has 3 N–H and O–H groups in total. The van der Waals surface area contributed by atoms with Crippen LogP contribution in [0.4, 0.5) is 0 Å². The fourth-order valence-electron chi connectivity index (χ4n) is 0.766. The van der Waals surface area contributed by atoms with Crippen LogP contribution in [0.15, 0.2) is 18.3 Å². The van der Waals surface area contributed by atoms with Crippen LogP contribution in [0.2, 0.25) is 0 Å². The average Bonchev–Trinajstić information content (AvgIpc) is 2.15. The summed E-state index contributed by atoms with van der Waals surface area (Å²) >= 11 is 0. The van der Waals surface area contributed by atoms with Gasteiger partial charge in [-0.3, -0.25) is 4.79 Å². The Balaban J connectivity index is 2.40. The molecule has 0 bridgehead atoms. The quantitative estimate of drug-likeness (QED) is 0.653. The largest absolute Gasteiger partial charge is 0.349 e. The maximum Gasteiger partial charge on any atom is 0.236 e. The van der Waals surface area contributed by atoms with E-state index in [0.717, 1.165) is 5.69 Å². The Bertz CT molecular complexity index is 273. The maximum absolute atomic E-state index is 11.0. The molecule has 0 radical (unpaired) electrons. The molecule has 0 aliphatic carbocycles. The number of hydrogen-bond acceptors (Lipinski definition) is 4. The van der Waals surface area contributed by atoms with Gasteiger partial charge in [-0.05, 0) is 19.1 Å². The number of nitrogens with one attached hydrogen (secondary N) is 1. The molecule has 5 heteroatoms. The molecule has 0 saturated carbocycles. The molecule has 1 aromatic rings. The van der Waals surface area contributed by atoms with Crippen LogP contribution in [-0.2, 0) is 11.3 Å². The van der Waals surface area contributed by atoms with Crippen LogP contribution in [-0.4, -0.2) is 22.1 Å². The van der Waals surface area contributed by atoms with Crippen LogP contribution in [0.5, 0.6) is 0 Å². The van der Waals surface area contributed by atoms with Gasteiger partial charge in [-0.1, -0.05) is 0 Å². The lowest BCUT2D eigenvalue weighted by molar-refractivity contribution is -0.122. The number of aromatic nitrogens is 2. The van der Waals surface area contributed by atoms with E-state index in [0.29, 0.717) is 6.54 Å². The van der Waals surface area contributed by atoms with Gasteiger partial charge in [0.15, 0.2) is 0 Å².